The minimum atomic E-state index is -0.213. The van der Waals surface area contributed by atoms with Crippen LogP contribution in [0, 0.1) is 0 Å². The summed E-state index contributed by atoms with van der Waals surface area (Å²) in [5.41, 5.74) is 0.820. The number of pyridine rings is 1. The molecule has 0 radical (unpaired) electrons. The van der Waals surface area contributed by atoms with E-state index in [1.165, 1.54) is 22.7 Å². The number of aromatic nitrogens is 3. The molecule has 0 spiro atoms. The van der Waals surface area contributed by atoms with E-state index in [1.54, 1.807) is 6.07 Å². The highest BCUT2D eigenvalue weighted by Gasteiger charge is 2.16. The molecule has 4 rings (SSSR count). The first-order chi connectivity index (χ1) is 11.7. The molecule has 3 aromatic heterocycles. The van der Waals surface area contributed by atoms with Crippen molar-refractivity contribution in [1.82, 2.24) is 15.2 Å². The zero-order valence-electron chi connectivity index (χ0n) is 12.5. The van der Waals surface area contributed by atoms with E-state index in [2.05, 4.69) is 20.5 Å². The number of para-hydroxylation sites is 1. The number of carbonyl (C=O) groups is 1. The maximum Gasteiger partial charge on any atom is 0.267 e. The molecule has 1 amide bonds. The van der Waals surface area contributed by atoms with Crippen LogP contribution >= 0.6 is 34.3 Å². The van der Waals surface area contributed by atoms with Crippen molar-refractivity contribution in [3.8, 4) is 0 Å². The zero-order chi connectivity index (χ0) is 16.7. The smallest absolute Gasteiger partial charge is 0.267 e. The molecule has 0 aliphatic carbocycles. The summed E-state index contributed by atoms with van der Waals surface area (Å²) in [5.74, 6) is -0.213. The minimum absolute atomic E-state index is 0.213. The predicted molar refractivity (Wildman–Crippen MR) is 99.4 cm³/mol. The van der Waals surface area contributed by atoms with E-state index in [-0.39, 0.29) is 5.91 Å². The number of halogens is 1. The predicted octanol–water partition coefficient (Wildman–Crippen LogP) is 4.77. The summed E-state index contributed by atoms with van der Waals surface area (Å²) < 4.78 is 0.960. The van der Waals surface area contributed by atoms with Crippen molar-refractivity contribution < 1.29 is 4.79 Å². The largest absolute Gasteiger partial charge is 0.296 e. The highest BCUT2D eigenvalue weighted by atomic mass is 35.5. The van der Waals surface area contributed by atoms with Gasteiger partial charge in [-0.2, -0.15) is 0 Å². The van der Waals surface area contributed by atoms with Gasteiger partial charge in [0.15, 0.2) is 0 Å². The van der Waals surface area contributed by atoms with Crippen molar-refractivity contribution >= 4 is 66.3 Å². The highest BCUT2D eigenvalue weighted by Crippen LogP contribution is 2.36. The molecule has 8 heteroatoms. The lowest BCUT2D eigenvalue weighted by molar-refractivity contribution is 0.103. The van der Waals surface area contributed by atoms with Crippen LogP contribution in [0.3, 0.4) is 0 Å². The summed E-state index contributed by atoms with van der Waals surface area (Å²) in [6.45, 7) is 2.00. The molecular formula is C16H11ClN4OS2. The fourth-order valence-corrected chi connectivity index (χ4v) is 4.45. The third kappa shape index (κ3) is 2.64. The maximum absolute atomic E-state index is 12.5. The molecule has 0 atom stereocenters. The van der Waals surface area contributed by atoms with Gasteiger partial charge in [0, 0.05) is 15.5 Å². The molecule has 0 unspecified atom stereocenters. The Morgan fingerprint density at radius 1 is 1.21 bits per heavy atom. The molecule has 0 aliphatic heterocycles. The third-order valence-electron chi connectivity index (χ3n) is 3.54. The van der Waals surface area contributed by atoms with Crippen LogP contribution in [0.15, 0.2) is 30.3 Å². The number of fused-ring (bicyclic) bond motifs is 3. The Morgan fingerprint density at radius 3 is 2.83 bits per heavy atom. The van der Waals surface area contributed by atoms with E-state index >= 15 is 0 Å². The van der Waals surface area contributed by atoms with Gasteiger partial charge in [0.1, 0.15) is 10.2 Å². The number of carbonyl (C=O) groups excluding carboxylic acids is 1. The Morgan fingerprint density at radius 2 is 2.04 bits per heavy atom. The average Bonchev–Trinajstić information content (AvgIpc) is 3.22. The lowest BCUT2D eigenvalue weighted by atomic mass is 10.2. The summed E-state index contributed by atoms with van der Waals surface area (Å²) >= 11 is 9.06. The molecule has 24 heavy (non-hydrogen) atoms. The van der Waals surface area contributed by atoms with E-state index in [0.29, 0.717) is 15.2 Å². The highest BCUT2D eigenvalue weighted by molar-refractivity contribution is 7.22. The van der Waals surface area contributed by atoms with E-state index < -0.39 is 0 Å². The Balaban J connectivity index is 1.75. The van der Waals surface area contributed by atoms with Crippen LogP contribution in [0.2, 0.25) is 5.15 Å². The van der Waals surface area contributed by atoms with Gasteiger partial charge in [-0.15, -0.1) is 21.5 Å². The van der Waals surface area contributed by atoms with Gasteiger partial charge in [-0.3, -0.25) is 10.1 Å². The molecule has 120 valence electrons. The molecule has 0 fully saturated rings. The first-order valence-corrected chi connectivity index (χ1v) is 9.28. The number of nitrogens with zero attached hydrogens (tertiary/aromatic N) is 3. The molecule has 0 aliphatic rings. The number of aryl methyl sites for hydroxylation is 1. The van der Waals surface area contributed by atoms with Gasteiger partial charge >= 0.3 is 0 Å². The second-order valence-corrected chi connectivity index (χ2v) is 7.55. The fraction of sp³-hybridized carbons (Fsp3) is 0.125. The number of thiophene rings is 1. The summed E-state index contributed by atoms with van der Waals surface area (Å²) in [6, 6.07) is 9.54. The van der Waals surface area contributed by atoms with Crippen molar-refractivity contribution in [1.29, 1.82) is 0 Å². The van der Waals surface area contributed by atoms with E-state index in [4.69, 9.17) is 11.6 Å². The first kappa shape index (κ1) is 15.4. The number of benzene rings is 1. The quantitative estimate of drug-likeness (QED) is 0.524. The van der Waals surface area contributed by atoms with Crippen LogP contribution in [0.25, 0.3) is 21.0 Å². The molecule has 0 saturated heterocycles. The van der Waals surface area contributed by atoms with Crippen molar-refractivity contribution in [2.45, 2.75) is 13.3 Å². The van der Waals surface area contributed by atoms with E-state index in [1.807, 2.05) is 31.2 Å². The van der Waals surface area contributed by atoms with Gasteiger partial charge in [-0.25, -0.2) is 4.98 Å². The van der Waals surface area contributed by atoms with Crippen LogP contribution in [-0.2, 0) is 6.42 Å². The lowest BCUT2D eigenvalue weighted by Gasteiger charge is -1.99. The van der Waals surface area contributed by atoms with Crippen LogP contribution in [0.1, 0.15) is 21.6 Å². The SMILES string of the molecule is CCc1nnc(NC(=O)c2cc3c(Cl)nc4ccccc4c3s2)s1. The fourth-order valence-electron chi connectivity index (χ4n) is 2.39. The monoisotopic (exact) mass is 374 g/mol. The Bertz CT molecular complexity index is 1070. The van der Waals surface area contributed by atoms with Crippen LogP contribution in [0.4, 0.5) is 5.13 Å². The van der Waals surface area contributed by atoms with Gasteiger partial charge in [0.25, 0.3) is 5.91 Å². The topological polar surface area (TPSA) is 67.8 Å². The molecule has 1 N–H and O–H groups in total. The van der Waals surface area contributed by atoms with Crippen molar-refractivity contribution in [3.63, 3.8) is 0 Å². The van der Waals surface area contributed by atoms with Crippen LogP contribution in [-0.4, -0.2) is 21.1 Å². The Hall–Kier alpha value is -2.09. The minimum Gasteiger partial charge on any atom is -0.296 e. The maximum atomic E-state index is 12.5. The van der Waals surface area contributed by atoms with Crippen LogP contribution in [0.5, 0.6) is 0 Å². The van der Waals surface area contributed by atoms with E-state index in [0.717, 1.165) is 32.4 Å². The molecule has 3 heterocycles. The van der Waals surface area contributed by atoms with Gasteiger partial charge in [0.2, 0.25) is 5.13 Å². The van der Waals surface area contributed by atoms with Gasteiger partial charge in [0.05, 0.1) is 10.4 Å². The normalized spacial score (nSPS) is 11.2. The number of nitrogens with one attached hydrogen (secondary N) is 1. The number of amides is 1. The second kappa shape index (κ2) is 6.08. The summed E-state index contributed by atoms with van der Waals surface area (Å²) in [5, 5.41) is 14.4. The summed E-state index contributed by atoms with van der Waals surface area (Å²) in [7, 11) is 0. The van der Waals surface area contributed by atoms with Crippen molar-refractivity contribution in [2.75, 3.05) is 5.32 Å². The lowest BCUT2D eigenvalue weighted by Crippen LogP contribution is -2.09. The van der Waals surface area contributed by atoms with Gasteiger partial charge in [-0.1, -0.05) is 48.1 Å². The van der Waals surface area contributed by atoms with Gasteiger partial charge in [-0.05, 0) is 18.6 Å². The Kier molecular flexibility index (Phi) is 3.91. The third-order valence-corrected chi connectivity index (χ3v) is 5.97. The number of hydrogen-bond donors (Lipinski definition) is 1. The molecule has 1 aromatic carbocycles. The molecule has 0 bridgehead atoms. The average molecular weight is 375 g/mol. The molecule has 0 saturated carbocycles. The second-order valence-electron chi connectivity index (χ2n) is 5.08. The van der Waals surface area contributed by atoms with Crippen molar-refractivity contribution in [3.05, 3.63) is 45.4 Å². The molecule has 4 aromatic rings. The first-order valence-electron chi connectivity index (χ1n) is 7.27. The number of anilines is 1. The standard InChI is InChI=1S/C16H11ClN4OS2/c1-2-12-20-21-16(24-12)19-15(22)11-7-9-13(23-11)8-5-3-4-6-10(8)18-14(9)17/h3-7H,2H2,1H3,(H,19,21,22). The van der Waals surface area contributed by atoms with Crippen molar-refractivity contribution in [2.24, 2.45) is 0 Å². The zero-order valence-corrected chi connectivity index (χ0v) is 14.9. The summed E-state index contributed by atoms with van der Waals surface area (Å²) in [4.78, 5) is 17.5. The molecule has 5 nitrogen and oxygen atoms in total. The van der Waals surface area contributed by atoms with Crippen LogP contribution < -0.4 is 5.32 Å². The molecular weight excluding hydrogens is 364 g/mol. The summed E-state index contributed by atoms with van der Waals surface area (Å²) in [6.07, 6.45) is 0.795. The number of rotatable bonds is 3. The van der Waals surface area contributed by atoms with E-state index in [9.17, 15) is 4.79 Å². The number of hydrogen-bond acceptors (Lipinski definition) is 6. The Labute approximate surface area is 150 Å². The van der Waals surface area contributed by atoms with Gasteiger partial charge < -0.3 is 0 Å².